The van der Waals surface area contributed by atoms with Crippen LogP contribution in [0.15, 0.2) is 29.6 Å². The maximum Gasteiger partial charge on any atom is 0.490 e. The Labute approximate surface area is 172 Å². The third kappa shape index (κ3) is 7.95. The van der Waals surface area contributed by atoms with Gasteiger partial charge >= 0.3 is 18.1 Å². The second-order valence-corrected chi connectivity index (χ2v) is 6.27. The number of hydrogen-bond acceptors (Lipinski definition) is 7. The second kappa shape index (κ2) is 11.0. The molecule has 9 nitrogen and oxygen atoms in total. The van der Waals surface area contributed by atoms with Crippen LogP contribution in [0.4, 0.5) is 24.0 Å². The number of nitrogens with one attached hydrogen (secondary N) is 1. The minimum atomic E-state index is -5.08. The number of carboxylic acids is 2. The van der Waals surface area contributed by atoms with Gasteiger partial charge in [0.25, 0.3) is 5.91 Å². The van der Waals surface area contributed by atoms with Gasteiger partial charge in [-0.15, -0.1) is 11.3 Å². The molecule has 0 fully saturated rings. The van der Waals surface area contributed by atoms with E-state index in [1.165, 1.54) is 16.2 Å². The first-order chi connectivity index (χ1) is 14.0. The Kier molecular flexibility index (Phi) is 9.05. The van der Waals surface area contributed by atoms with Crippen LogP contribution in [0.2, 0.25) is 0 Å². The highest BCUT2D eigenvalue weighted by Gasteiger charge is 2.38. The van der Waals surface area contributed by atoms with Crippen LogP contribution in [0, 0.1) is 0 Å². The number of aromatic nitrogens is 1. The summed E-state index contributed by atoms with van der Waals surface area (Å²) >= 11 is 1.28. The molecule has 13 heteroatoms. The predicted molar refractivity (Wildman–Crippen MR) is 101 cm³/mol. The van der Waals surface area contributed by atoms with Crippen LogP contribution in [0.1, 0.15) is 17.4 Å². The van der Waals surface area contributed by atoms with Gasteiger partial charge in [-0.3, -0.25) is 9.59 Å². The highest BCUT2D eigenvalue weighted by atomic mass is 32.1. The number of ether oxygens (including phenoxy) is 1. The number of anilines is 2. The number of carboxylic acid groups (broad SMARTS) is 2. The van der Waals surface area contributed by atoms with E-state index in [2.05, 4.69) is 10.3 Å². The molecule has 3 N–H and O–H groups in total. The van der Waals surface area contributed by atoms with Crippen molar-refractivity contribution >= 4 is 40.0 Å². The van der Waals surface area contributed by atoms with Crippen molar-refractivity contribution in [3.8, 4) is 5.75 Å². The summed E-state index contributed by atoms with van der Waals surface area (Å²) in [6, 6.07) is 7.30. The molecule has 0 aliphatic rings. The second-order valence-electron chi connectivity index (χ2n) is 5.41. The Hall–Kier alpha value is -3.35. The van der Waals surface area contributed by atoms with Gasteiger partial charge in [0.15, 0.2) is 5.13 Å². The average Bonchev–Trinajstić information content (AvgIpc) is 3.14. The molecule has 164 valence electrons. The van der Waals surface area contributed by atoms with Gasteiger partial charge in [-0.2, -0.15) is 13.2 Å². The zero-order valence-corrected chi connectivity index (χ0v) is 16.6. The summed E-state index contributed by atoms with van der Waals surface area (Å²) < 4.78 is 36.8. The van der Waals surface area contributed by atoms with Crippen LogP contribution < -0.4 is 10.1 Å². The van der Waals surface area contributed by atoms with Crippen LogP contribution in [0.3, 0.4) is 0 Å². The molecule has 2 aromatic rings. The van der Waals surface area contributed by atoms with Crippen LogP contribution in [-0.2, 0) is 9.59 Å². The number of amides is 1. The lowest BCUT2D eigenvalue weighted by atomic mass is 10.3. The molecule has 0 aliphatic heterocycles. The lowest BCUT2D eigenvalue weighted by Gasteiger charge is -2.16. The number of alkyl halides is 3. The molecular formula is C17H18F3N3O6S. The topological polar surface area (TPSA) is 129 Å². The molecule has 0 bridgehead atoms. The Morgan fingerprint density at radius 3 is 2.20 bits per heavy atom. The van der Waals surface area contributed by atoms with E-state index in [-0.39, 0.29) is 12.2 Å². The molecule has 0 atom stereocenters. The maximum atomic E-state index is 12.2. The Morgan fingerprint density at radius 2 is 1.77 bits per heavy atom. The van der Waals surface area contributed by atoms with E-state index in [1.54, 1.807) is 19.4 Å². The summed E-state index contributed by atoms with van der Waals surface area (Å²) in [7, 11) is 1.59. The van der Waals surface area contributed by atoms with Gasteiger partial charge in [0.2, 0.25) is 0 Å². The van der Waals surface area contributed by atoms with Crippen molar-refractivity contribution < 1.29 is 42.5 Å². The van der Waals surface area contributed by atoms with Crippen LogP contribution in [0.25, 0.3) is 0 Å². The van der Waals surface area contributed by atoms with Gasteiger partial charge in [0, 0.05) is 17.6 Å². The van der Waals surface area contributed by atoms with Crippen LogP contribution >= 0.6 is 11.3 Å². The van der Waals surface area contributed by atoms with Gasteiger partial charge in [0.1, 0.15) is 18.0 Å². The lowest BCUT2D eigenvalue weighted by Crippen LogP contribution is -2.35. The van der Waals surface area contributed by atoms with E-state index in [0.717, 1.165) is 11.4 Å². The fourth-order valence-electron chi connectivity index (χ4n) is 1.88. The minimum Gasteiger partial charge on any atom is -0.497 e. The highest BCUT2D eigenvalue weighted by Crippen LogP contribution is 2.23. The Bertz CT molecular complexity index is 870. The summed E-state index contributed by atoms with van der Waals surface area (Å²) in [5.74, 6) is -3.45. The van der Waals surface area contributed by atoms with Crippen molar-refractivity contribution in [2.75, 3.05) is 25.5 Å². The van der Waals surface area contributed by atoms with E-state index in [4.69, 9.17) is 19.7 Å². The fourth-order valence-corrected chi connectivity index (χ4v) is 2.58. The summed E-state index contributed by atoms with van der Waals surface area (Å²) in [5, 5.41) is 21.2. The molecule has 0 aliphatic carbocycles. The Morgan fingerprint density at radius 1 is 1.20 bits per heavy atom. The van der Waals surface area contributed by atoms with E-state index in [1.807, 2.05) is 24.3 Å². The largest absolute Gasteiger partial charge is 0.497 e. The standard InChI is InChI=1S/C15H17N3O4S.C2HF3O2/c1-3-18(8-13(19)20)14(21)12-9-23-15(17-12)16-10-4-6-11(22-2)7-5-10;3-2(4,5)1(6)7/h4-7,9H,3,8H2,1-2H3,(H,16,17)(H,19,20);(H,6,7). The molecule has 0 saturated heterocycles. The molecule has 0 radical (unpaired) electrons. The number of likely N-dealkylation sites (N-methyl/N-ethyl adjacent to an activating group) is 1. The van der Waals surface area contributed by atoms with Gasteiger partial charge in [-0.1, -0.05) is 0 Å². The third-order valence-corrected chi connectivity index (χ3v) is 4.06. The number of methoxy groups -OCH3 is 1. The predicted octanol–water partition coefficient (Wildman–Crippen LogP) is 3.08. The quantitative estimate of drug-likeness (QED) is 0.588. The Balaban J connectivity index is 0.000000553. The molecule has 1 heterocycles. The number of rotatable bonds is 7. The normalized spacial score (nSPS) is 10.4. The molecule has 2 rings (SSSR count). The zero-order valence-electron chi connectivity index (χ0n) is 15.8. The van der Waals surface area contributed by atoms with Gasteiger partial charge in [-0.05, 0) is 31.2 Å². The summed E-state index contributed by atoms with van der Waals surface area (Å²) in [6.45, 7) is 1.70. The molecular weight excluding hydrogens is 431 g/mol. The first-order valence-electron chi connectivity index (χ1n) is 8.15. The van der Waals surface area contributed by atoms with Crippen molar-refractivity contribution in [2.24, 2.45) is 0 Å². The van der Waals surface area contributed by atoms with Crippen molar-refractivity contribution in [1.29, 1.82) is 0 Å². The smallest absolute Gasteiger partial charge is 0.490 e. The molecule has 0 unspecified atom stereocenters. The van der Waals surface area contributed by atoms with Crippen molar-refractivity contribution in [3.05, 3.63) is 35.3 Å². The van der Waals surface area contributed by atoms with E-state index in [9.17, 15) is 22.8 Å². The number of nitrogens with zero attached hydrogens (tertiary/aromatic N) is 2. The zero-order chi connectivity index (χ0) is 22.9. The van der Waals surface area contributed by atoms with Crippen LogP contribution in [-0.4, -0.2) is 64.3 Å². The lowest BCUT2D eigenvalue weighted by molar-refractivity contribution is -0.192. The maximum absolute atomic E-state index is 12.2. The van der Waals surface area contributed by atoms with E-state index < -0.39 is 24.0 Å². The molecule has 1 amide bonds. The molecule has 30 heavy (non-hydrogen) atoms. The third-order valence-electron chi connectivity index (χ3n) is 3.30. The van der Waals surface area contributed by atoms with Gasteiger partial charge < -0.3 is 25.2 Å². The monoisotopic (exact) mass is 449 g/mol. The minimum absolute atomic E-state index is 0.231. The first-order valence-corrected chi connectivity index (χ1v) is 9.03. The first kappa shape index (κ1) is 24.7. The SMILES string of the molecule is CCN(CC(=O)O)C(=O)c1csc(Nc2ccc(OC)cc2)n1.O=C(O)C(F)(F)F. The number of aliphatic carboxylic acids is 2. The molecule has 1 aromatic heterocycles. The van der Waals surface area contributed by atoms with Crippen molar-refractivity contribution in [3.63, 3.8) is 0 Å². The van der Waals surface area contributed by atoms with E-state index in [0.29, 0.717) is 11.7 Å². The van der Waals surface area contributed by atoms with Gasteiger partial charge in [-0.25, -0.2) is 9.78 Å². The number of halogens is 3. The van der Waals surface area contributed by atoms with Crippen LogP contribution in [0.5, 0.6) is 5.75 Å². The van der Waals surface area contributed by atoms with Crippen molar-refractivity contribution in [1.82, 2.24) is 9.88 Å². The number of carbonyl (C=O) groups is 3. The highest BCUT2D eigenvalue weighted by molar-refractivity contribution is 7.14. The van der Waals surface area contributed by atoms with Gasteiger partial charge in [0.05, 0.1) is 7.11 Å². The number of carbonyl (C=O) groups excluding carboxylic acids is 1. The molecule has 0 saturated carbocycles. The van der Waals surface area contributed by atoms with Crippen molar-refractivity contribution in [2.45, 2.75) is 13.1 Å². The number of thiazole rings is 1. The summed E-state index contributed by atoms with van der Waals surface area (Å²) in [4.78, 5) is 37.3. The number of benzene rings is 1. The summed E-state index contributed by atoms with van der Waals surface area (Å²) in [6.07, 6.45) is -5.08. The molecule has 1 aromatic carbocycles. The van der Waals surface area contributed by atoms with E-state index >= 15 is 0 Å². The average molecular weight is 449 g/mol. The number of hydrogen-bond donors (Lipinski definition) is 3. The fraction of sp³-hybridized carbons (Fsp3) is 0.294. The summed E-state index contributed by atoms with van der Waals surface area (Å²) in [5.41, 5.74) is 1.05. The molecule has 0 spiro atoms.